The van der Waals surface area contributed by atoms with Crippen LogP contribution in [0.1, 0.15) is 57.1 Å². The van der Waals surface area contributed by atoms with E-state index in [9.17, 15) is 13.2 Å². The van der Waals surface area contributed by atoms with Gasteiger partial charge in [-0.15, -0.1) is 0 Å². The quantitative estimate of drug-likeness (QED) is 0.673. The van der Waals surface area contributed by atoms with Gasteiger partial charge in [0.25, 0.3) is 0 Å². The SMILES string of the molecule is Cc1cc(=O)oc2cc(CCC3CCC(CS(=O)(=O)C(C)C)CC3)ccc12. The van der Waals surface area contributed by atoms with Crippen molar-refractivity contribution in [2.45, 2.75) is 64.5 Å². The Balaban J connectivity index is 1.55. The lowest BCUT2D eigenvalue weighted by Gasteiger charge is -2.28. The largest absolute Gasteiger partial charge is 0.423 e. The summed E-state index contributed by atoms with van der Waals surface area (Å²) in [6.45, 7) is 5.47. The lowest BCUT2D eigenvalue weighted by atomic mass is 9.80. The maximum atomic E-state index is 12.1. The average Bonchev–Trinajstić information content (AvgIpc) is 2.60. The van der Waals surface area contributed by atoms with E-state index in [1.807, 2.05) is 19.1 Å². The second-order valence-corrected chi connectivity index (χ2v) is 11.0. The Bertz CT molecular complexity index is 948. The molecule has 1 aliphatic rings. The number of benzene rings is 1. The van der Waals surface area contributed by atoms with Gasteiger partial charge < -0.3 is 4.42 Å². The molecule has 0 radical (unpaired) electrons. The lowest BCUT2D eigenvalue weighted by molar-refractivity contribution is 0.278. The Morgan fingerprint density at radius 2 is 1.74 bits per heavy atom. The molecule has 5 heteroatoms. The molecule has 0 N–H and O–H groups in total. The van der Waals surface area contributed by atoms with Gasteiger partial charge in [0.1, 0.15) is 5.58 Å². The van der Waals surface area contributed by atoms with Crippen LogP contribution in [0.2, 0.25) is 0 Å². The molecular weight excluding hydrogens is 360 g/mol. The van der Waals surface area contributed by atoms with Gasteiger partial charge in [-0.25, -0.2) is 13.2 Å². The molecule has 2 aromatic rings. The number of hydrogen-bond donors (Lipinski definition) is 0. The first-order chi connectivity index (χ1) is 12.7. The molecule has 0 bridgehead atoms. The zero-order valence-electron chi connectivity index (χ0n) is 16.5. The summed E-state index contributed by atoms with van der Waals surface area (Å²) < 4.78 is 29.6. The highest BCUT2D eigenvalue weighted by atomic mass is 32.2. The summed E-state index contributed by atoms with van der Waals surface area (Å²) in [5.74, 6) is 1.33. The third-order valence-corrected chi connectivity index (χ3v) is 8.38. The van der Waals surface area contributed by atoms with Gasteiger partial charge in [-0.3, -0.25) is 0 Å². The van der Waals surface area contributed by atoms with E-state index in [1.165, 1.54) is 11.6 Å². The van der Waals surface area contributed by atoms with E-state index in [4.69, 9.17) is 4.42 Å². The van der Waals surface area contributed by atoms with Crippen molar-refractivity contribution >= 4 is 20.8 Å². The minimum absolute atomic E-state index is 0.271. The van der Waals surface area contributed by atoms with Gasteiger partial charge in [0.2, 0.25) is 0 Å². The van der Waals surface area contributed by atoms with E-state index in [0.717, 1.165) is 49.5 Å². The second-order valence-electron chi connectivity index (χ2n) is 8.38. The monoisotopic (exact) mass is 390 g/mol. The molecule has 0 atom stereocenters. The topological polar surface area (TPSA) is 64.3 Å². The predicted octanol–water partition coefficient (Wildman–Crippen LogP) is 4.66. The maximum absolute atomic E-state index is 12.1. The molecule has 0 saturated heterocycles. The van der Waals surface area contributed by atoms with Crippen molar-refractivity contribution in [3.8, 4) is 0 Å². The minimum Gasteiger partial charge on any atom is -0.423 e. The molecule has 4 nitrogen and oxygen atoms in total. The molecule has 27 heavy (non-hydrogen) atoms. The fraction of sp³-hybridized carbons (Fsp3) is 0.591. The summed E-state index contributed by atoms with van der Waals surface area (Å²) in [5, 5.41) is 0.719. The van der Waals surface area contributed by atoms with Crippen molar-refractivity contribution in [2.24, 2.45) is 11.8 Å². The van der Waals surface area contributed by atoms with Crippen LogP contribution in [-0.2, 0) is 16.3 Å². The highest BCUT2D eigenvalue weighted by Crippen LogP contribution is 2.33. The zero-order valence-corrected chi connectivity index (χ0v) is 17.3. The molecule has 0 amide bonds. The molecule has 0 unspecified atom stereocenters. The molecule has 1 saturated carbocycles. The molecule has 1 fully saturated rings. The van der Waals surface area contributed by atoms with Gasteiger partial charge in [0.15, 0.2) is 9.84 Å². The van der Waals surface area contributed by atoms with Crippen molar-refractivity contribution in [1.82, 2.24) is 0 Å². The lowest BCUT2D eigenvalue weighted by Crippen LogP contribution is -2.26. The molecule has 1 aliphatic carbocycles. The van der Waals surface area contributed by atoms with Crippen molar-refractivity contribution in [2.75, 3.05) is 5.75 Å². The van der Waals surface area contributed by atoms with Gasteiger partial charge in [0, 0.05) is 11.5 Å². The van der Waals surface area contributed by atoms with Crippen LogP contribution >= 0.6 is 0 Å². The Labute approximate surface area is 161 Å². The summed E-state index contributed by atoms with van der Waals surface area (Å²) in [6.07, 6.45) is 6.32. The molecule has 1 heterocycles. The first-order valence-corrected chi connectivity index (χ1v) is 11.7. The second kappa shape index (κ2) is 8.17. The first kappa shape index (κ1) is 20.1. The van der Waals surface area contributed by atoms with Crippen LogP contribution in [0.25, 0.3) is 11.0 Å². The van der Waals surface area contributed by atoms with Crippen LogP contribution in [0.15, 0.2) is 33.5 Å². The first-order valence-electron chi connectivity index (χ1n) is 9.99. The van der Waals surface area contributed by atoms with Crippen LogP contribution in [0, 0.1) is 18.8 Å². The van der Waals surface area contributed by atoms with Crippen molar-refractivity contribution < 1.29 is 12.8 Å². The summed E-state index contributed by atoms with van der Waals surface area (Å²) in [7, 11) is -2.93. The Morgan fingerprint density at radius 1 is 1.07 bits per heavy atom. The number of fused-ring (bicyclic) bond motifs is 1. The van der Waals surface area contributed by atoms with Crippen LogP contribution in [0.4, 0.5) is 0 Å². The Morgan fingerprint density at radius 3 is 2.41 bits per heavy atom. The van der Waals surface area contributed by atoms with E-state index in [1.54, 1.807) is 13.8 Å². The van der Waals surface area contributed by atoms with E-state index in [-0.39, 0.29) is 10.9 Å². The van der Waals surface area contributed by atoms with Crippen LogP contribution in [0.5, 0.6) is 0 Å². The minimum atomic E-state index is -2.93. The molecule has 3 rings (SSSR count). The summed E-state index contributed by atoms with van der Waals surface area (Å²) >= 11 is 0. The molecule has 1 aromatic carbocycles. The van der Waals surface area contributed by atoms with Crippen molar-refractivity contribution in [3.05, 3.63) is 45.8 Å². The molecule has 0 aliphatic heterocycles. The fourth-order valence-corrected chi connectivity index (χ4v) is 5.48. The third kappa shape index (κ3) is 5.01. The fourth-order valence-electron chi connectivity index (χ4n) is 4.10. The smallest absolute Gasteiger partial charge is 0.336 e. The predicted molar refractivity (Wildman–Crippen MR) is 110 cm³/mol. The third-order valence-electron chi connectivity index (χ3n) is 6.01. The Hall–Kier alpha value is -1.62. The number of aryl methyl sites for hydroxylation is 2. The molecule has 148 valence electrons. The van der Waals surface area contributed by atoms with E-state index < -0.39 is 9.84 Å². The van der Waals surface area contributed by atoms with Crippen LogP contribution in [-0.4, -0.2) is 19.4 Å². The van der Waals surface area contributed by atoms with E-state index >= 15 is 0 Å². The van der Waals surface area contributed by atoms with Crippen LogP contribution in [0.3, 0.4) is 0 Å². The van der Waals surface area contributed by atoms with Crippen molar-refractivity contribution in [1.29, 1.82) is 0 Å². The van der Waals surface area contributed by atoms with E-state index in [2.05, 4.69) is 6.07 Å². The number of sulfone groups is 1. The van der Waals surface area contributed by atoms with E-state index in [0.29, 0.717) is 23.2 Å². The highest BCUT2D eigenvalue weighted by molar-refractivity contribution is 7.91. The summed E-state index contributed by atoms with van der Waals surface area (Å²) in [6, 6.07) is 7.68. The van der Waals surface area contributed by atoms with Crippen LogP contribution < -0.4 is 5.63 Å². The average molecular weight is 391 g/mol. The molecule has 0 spiro atoms. The molecular formula is C22H30O4S. The van der Waals surface area contributed by atoms with Crippen molar-refractivity contribution in [3.63, 3.8) is 0 Å². The van der Waals surface area contributed by atoms with Gasteiger partial charge >= 0.3 is 5.63 Å². The maximum Gasteiger partial charge on any atom is 0.336 e. The summed E-state index contributed by atoms with van der Waals surface area (Å²) in [4.78, 5) is 11.6. The van der Waals surface area contributed by atoms with Gasteiger partial charge in [-0.05, 0) is 75.5 Å². The van der Waals surface area contributed by atoms with Gasteiger partial charge in [-0.1, -0.05) is 25.0 Å². The highest BCUT2D eigenvalue weighted by Gasteiger charge is 2.27. The standard InChI is InChI=1S/C22H30O4S/c1-15(2)27(24,25)14-19-8-5-17(6-9-19)4-7-18-10-11-20-16(3)12-22(23)26-21(20)13-18/h10-13,15,17,19H,4-9,14H2,1-3H3. The normalized spacial score (nSPS) is 21.0. The summed E-state index contributed by atoms with van der Waals surface area (Å²) in [5.41, 5.74) is 2.51. The molecule has 1 aromatic heterocycles. The van der Waals surface area contributed by atoms with Gasteiger partial charge in [0.05, 0.1) is 11.0 Å². The zero-order chi connectivity index (χ0) is 19.6. The number of hydrogen-bond acceptors (Lipinski definition) is 4. The van der Waals surface area contributed by atoms with Gasteiger partial charge in [-0.2, -0.15) is 0 Å². The Kier molecular flexibility index (Phi) is 6.09. The number of rotatable bonds is 6.